The van der Waals surface area contributed by atoms with E-state index in [0.717, 1.165) is 11.6 Å². The lowest BCUT2D eigenvalue weighted by Crippen LogP contribution is -1.98. The highest BCUT2D eigenvalue weighted by Crippen LogP contribution is 2.27. The van der Waals surface area contributed by atoms with Gasteiger partial charge in [-0.2, -0.15) is 0 Å². The first-order valence-corrected chi connectivity index (χ1v) is 6.95. The number of nitro groups is 1. The molecule has 0 aromatic heterocycles. The zero-order chi connectivity index (χ0) is 17.5. The van der Waals surface area contributed by atoms with Crippen LogP contribution >= 0.6 is 0 Å². The lowest BCUT2D eigenvalue weighted by atomic mass is 10.1. The molecule has 0 aliphatic heterocycles. The Balaban J connectivity index is 2.17. The zero-order valence-corrected chi connectivity index (χ0v) is 12.8. The van der Waals surface area contributed by atoms with Gasteiger partial charge in [-0.1, -0.05) is 0 Å². The number of carboxylic acid groups (broad SMARTS) is 1. The van der Waals surface area contributed by atoms with Crippen molar-refractivity contribution in [1.29, 1.82) is 0 Å². The summed E-state index contributed by atoms with van der Waals surface area (Å²) in [5.41, 5.74) is 1.34. The van der Waals surface area contributed by atoms with Crippen LogP contribution in [-0.4, -0.2) is 23.1 Å². The zero-order valence-electron chi connectivity index (χ0n) is 12.8. The molecule has 0 unspecified atom stereocenters. The van der Waals surface area contributed by atoms with Crippen molar-refractivity contribution in [2.24, 2.45) is 0 Å². The molecule has 0 saturated carbocycles. The summed E-state index contributed by atoms with van der Waals surface area (Å²) in [5, 5.41) is 19.4. The monoisotopic (exact) mass is 329 g/mol. The van der Waals surface area contributed by atoms with Crippen molar-refractivity contribution in [1.82, 2.24) is 0 Å². The number of nitrogens with zero attached hydrogens (tertiary/aromatic N) is 1. The molecule has 0 aliphatic rings. The predicted molar refractivity (Wildman–Crippen MR) is 87.1 cm³/mol. The third kappa shape index (κ3) is 4.57. The van der Waals surface area contributed by atoms with Gasteiger partial charge >= 0.3 is 5.97 Å². The Labute approximate surface area is 137 Å². The molecule has 0 heterocycles. The molecule has 0 atom stereocenters. The quantitative estimate of drug-likeness (QED) is 0.475. The number of carbonyl (C=O) groups is 1. The largest absolute Gasteiger partial charge is 0.497 e. The van der Waals surface area contributed by atoms with E-state index >= 15 is 0 Å². The van der Waals surface area contributed by atoms with Gasteiger partial charge in [0.25, 0.3) is 5.69 Å². The van der Waals surface area contributed by atoms with E-state index < -0.39 is 10.9 Å². The van der Waals surface area contributed by atoms with E-state index in [1.165, 1.54) is 25.3 Å². The van der Waals surface area contributed by atoms with Gasteiger partial charge in [-0.15, -0.1) is 0 Å². The summed E-state index contributed by atoms with van der Waals surface area (Å²) in [4.78, 5) is 20.8. The highest BCUT2D eigenvalue weighted by Gasteiger charge is 2.07. The first-order chi connectivity index (χ1) is 11.5. The summed E-state index contributed by atoms with van der Waals surface area (Å²) in [6, 6.07) is 11.0. The number of nitro benzene ring substituents is 1. The molecule has 0 aliphatic carbocycles. The molecule has 1 N–H and O–H groups in total. The number of ether oxygens (including phenoxy) is 2. The van der Waals surface area contributed by atoms with Crippen molar-refractivity contribution in [3.05, 3.63) is 69.8 Å². The number of non-ortho nitro benzene ring substituents is 1. The Kier molecular flexibility index (Phi) is 5.51. The Morgan fingerprint density at radius 3 is 2.54 bits per heavy atom. The van der Waals surface area contributed by atoms with E-state index in [-0.39, 0.29) is 12.3 Å². The molecule has 0 fully saturated rings. The van der Waals surface area contributed by atoms with Crippen LogP contribution in [0.2, 0.25) is 0 Å². The van der Waals surface area contributed by atoms with Crippen molar-refractivity contribution in [2.45, 2.75) is 6.61 Å². The van der Waals surface area contributed by atoms with Crippen LogP contribution in [0.1, 0.15) is 11.1 Å². The van der Waals surface area contributed by atoms with E-state index in [1.54, 1.807) is 30.3 Å². The SMILES string of the molecule is COc1ccc(C=CC(=O)O)c(OCc2ccc([N+](=O)[O-])cc2)c1. The Bertz CT molecular complexity index is 767. The molecule has 7 nitrogen and oxygen atoms in total. The molecule has 0 amide bonds. The number of aliphatic carboxylic acids is 1. The van der Waals surface area contributed by atoms with Crippen LogP contribution in [0.3, 0.4) is 0 Å². The van der Waals surface area contributed by atoms with Crippen molar-refractivity contribution >= 4 is 17.7 Å². The van der Waals surface area contributed by atoms with Crippen LogP contribution in [0.15, 0.2) is 48.5 Å². The average Bonchev–Trinajstić information content (AvgIpc) is 2.58. The summed E-state index contributed by atoms with van der Waals surface area (Å²) >= 11 is 0. The second kappa shape index (κ2) is 7.77. The highest BCUT2D eigenvalue weighted by atomic mass is 16.6. The number of rotatable bonds is 7. The summed E-state index contributed by atoms with van der Waals surface area (Å²) < 4.78 is 10.8. The Hall–Kier alpha value is -3.35. The number of carboxylic acids is 1. The third-order valence-electron chi connectivity index (χ3n) is 3.17. The van der Waals surface area contributed by atoms with Gasteiger partial charge in [0.15, 0.2) is 0 Å². The molecule has 7 heteroatoms. The van der Waals surface area contributed by atoms with E-state index in [0.29, 0.717) is 17.1 Å². The molecule has 24 heavy (non-hydrogen) atoms. The van der Waals surface area contributed by atoms with E-state index in [9.17, 15) is 14.9 Å². The number of hydrogen-bond donors (Lipinski definition) is 1. The standard InChI is InChI=1S/C17H15NO6/c1-23-15-8-4-13(5-9-17(19)20)16(10-15)24-11-12-2-6-14(7-3-12)18(21)22/h2-10H,11H2,1H3,(H,19,20). The van der Waals surface area contributed by atoms with Gasteiger partial charge < -0.3 is 14.6 Å². The van der Waals surface area contributed by atoms with Gasteiger partial charge in [-0.25, -0.2) is 4.79 Å². The second-order valence-electron chi connectivity index (χ2n) is 4.79. The van der Waals surface area contributed by atoms with Crippen molar-refractivity contribution in [3.63, 3.8) is 0 Å². The molecule has 0 spiro atoms. The predicted octanol–water partition coefficient (Wildman–Crippen LogP) is 3.28. The maximum Gasteiger partial charge on any atom is 0.328 e. The fourth-order valence-corrected chi connectivity index (χ4v) is 1.94. The van der Waals surface area contributed by atoms with Gasteiger partial charge in [0.2, 0.25) is 0 Å². The first kappa shape index (κ1) is 17.0. The molecular formula is C17H15NO6. The molecule has 2 aromatic carbocycles. The molecule has 0 bridgehead atoms. The molecular weight excluding hydrogens is 314 g/mol. The lowest BCUT2D eigenvalue weighted by Gasteiger charge is -2.11. The van der Waals surface area contributed by atoms with Crippen LogP contribution in [0, 0.1) is 10.1 Å². The molecule has 2 aromatic rings. The lowest BCUT2D eigenvalue weighted by molar-refractivity contribution is -0.384. The highest BCUT2D eigenvalue weighted by molar-refractivity contribution is 5.86. The number of benzene rings is 2. The van der Waals surface area contributed by atoms with Gasteiger partial charge in [0.1, 0.15) is 18.1 Å². The van der Waals surface area contributed by atoms with Gasteiger partial charge in [-0.3, -0.25) is 10.1 Å². The van der Waals surface area contributed by atoms with Gasteiger partial charge in [0.05, 0.1) is 12.0 Å². The maximum atomic E-state index is 10.7. The average molecular weight is 329 g/mol. The van der Waals surface area contributed by atoms with Gasteiger partial charge in [0, 0.05) is 29.8 Å². The smallest absolute Gasteiger partial charge is 0.328 e. The summed E-state index contributed by atoms with van der Waals surface area (Å²) in [5.74, 6) is -0.0430. The molecule has 124 valence electrons. The van der Waals surface area contributed by atoms with Crippen LogP contribution < -0.4 is 9.47 Å². The van der Waals surface area contributed by atoms with Crippen LogP contribution in [0.4, 0.5) is 5.69 Å². The Morgan fingerprint density at radius 2 is 1.96 bits per heavy atom. The topological polar surface area (TPSA) is 98.9 Å². The fraction of sp³-hybridized carbons (Fsp3) is 0.118. The number of hydrogen-bond acceptors (Lipinski definition) is 5. The maximum absolute atomic E-state index is 10.7. The second-order valence-corrected chi connectivity index (χ2v) is 4.79. The minimum absolute atomic E-state index is 0.00482. The minimum Gasteiger partial charge on any atom is -0.497 e. The fourth-order valence-electron chi connectivity index (χ4n) is 1.94. The summed E-state index contributed by atoms with van der Waals surface area (Å²) in [6.45, 7) is 0.180. The van der Waals surface area contributed by atoms with Crippen LogP contribution in [0.25, 0.3) is 6.08 Å². The summed E-state index contributed by atoms with van der Waals surface area (Å²) in [6.07, 6.45) is 2.44. The summed E-state index contributed by atoms with van der Waals surface area (Å²) in [7, 11) is 1.52. The minimum atomic E-state index is -1.06. The van der Waals surface area contributed by atoms with E-state index in [4.69, 9.17) is 14.6 Å². The van der Waals surface area contributed by atoms with Crippen molar-refractivity contribution < 1.29 is 24.3 Å². The molecule has 2 rings (SSSR count). The third-order valence-corrected chi connectivity index (χ3v) is 3.17. The van der Waals surface area contributed by atoms with Crippen LogP contribution in [0.5, 0.6) is 11.5 Å². The molecule has 0 saturated heterocycles. The van der Waals surface area contributed by atoms with Crippen LogP contribution in [-0.2, 0) is 11.4 Å². The van der Waals surface area contributed by atoms with Crippen molar-refractivity contribution in [2.75, 3.05) is 7.11 Å². The van der Waals surface area contributed by atoms with Gasteiger partial charge in [-0.05, 0) is 35.9 Å². The Morgan fingerprint density at radius 1 is 1.25 bits per heavy atom. The normalized spacial score (nSPS) is 10.5. The number of methoxy groups -OCH3 is 1. The van der Waals surface area contributed by atoms with Crippen molar-refractivity contribution in [3.8, 4) is 11.5 Å². The van der Waals surface area contributed by atoms with E-state index in [1.807, 2.05) is 0 Å². The molecule has 0 radical (unpaired) electrons. The van der Waals surface area contributed by atoms with E-state index in [2.05, 4.69) is 0 Å². The first-order valence-electron chi connectivity index (χ1n) is 6.95.